The molecule has 0 bridgehead atoms. The van der Waals surface area contributed by atoms with E-state index in [0.29, 0.717) is 0 Å². The topological polar surface area (TPSA) is 29.3 Å². The van der Waals surface area contributed by atoms with Crippen LogP contribution in [0.2, 0.25) is 0 Å². The molecule has 0 unspecified atom stereocenters. The molecule has 7 heteroatoms. The molecule has 400 valence electrons. The summed E-state index contributed by atoms with van der Waals surface area (Å²) in [6.45, 7) is 0. The van der Waals surface area contributed by atoms with Gasteiger partial charge in [-0.25, -0.2) is 22.8 Å². The van der Waals surface area contributed by atoms with E-state index in [1.54, 1.807) is 0 Å². The normalized spacial score (nSPS) is 11.9. The van der Waals surface area contributed by atoms with Crippen molar-refractivity contribution in [1.82, 2.24) is 9.13 Å². The molecule has 0 fully saturated rings. The first-order chi connectivity index (χ1) is 40.6. The summed E-state index contributed by atoms with van der Waals surface area (Å²) in [7, 11) is 10.2. The SMILES string of the molecule is C[n+]1ccc(/C=C/c2ccc(-n3c4ccc(/C=C/c5cc[n+](C)cc5)cc4c4cc(/C=C/c5cc[n+](C)cc5)ccc43)cc2)cc1.C[n+]1ccc(/C=C/c2ccc3c(c2)c2cc(/C=C/c4cc[n+](C)cc4)ccc2n3-c2ccccc2)cc1. The highest BCUT2D eigenvalue weighted by molar-refractivity contribution is 6.12. The van der Waals surface area contributed by atoms with Crippen molar-refractivity contribution in [3.63, 3.8) is 0 Å². The van der Waals surface area contributed by atoms with Crippen LogP contribution in [-0.2, 0) is 35.2 Å². The number of benzene rings is 6. The number of aromatic nitrogens is 7. The lowest BCUT2D eigenvalue weighted by molar-refractivity contribution is -0.671. The molecule has 7 heterocycles. The molecule has 13 rings (SSSR count). The van der Waals surface area contributed by atoms with Crippen LogP contribution in [0.15, 0.2) is 250 Å². The van der Waals surface area contributed by atoms with Gasteiger partial charge in [0.1, 0.15) is 35.2 Å². The summed E-state index contributed by atoms with van der Waals surface area (Å²) in [6.07, 6.45) is 42.5. The fourth-order valence-corrected chi connectivity index (χ4v) is 10.5. The monoisotopic (exact) mass is 1080 g/mol. The lowest BCUT2D eigenvalue weighted by Gasteiger charge is -2.09. The maximum atomic E-state index is 2.38. The molecule has 0 aliphatic heterocycles. The van der Waals surface area contributed by atoms with Crippen LogP contribution in [0.3, 0.4) is 0 Å². The largest absolute Gasteiger partial charge is 0.309 e. The fourth-order valence-electron chi connectivity index (χ4n) is 10.5. The van der Waals surface area contributed by atoms with Crippen LogP contribution in [0.25, 0.3) is 116 Å². The minimum absolute atomic E-state index is 1.14. The minimum atomic E-state index is 1.14. The Bertz CT molecular complexity index is 4350. The fraction of sp³-hybridized carbons (Fsp3) is 0.0658. The van der Waals surface area contributed by atoms with Crippen molar-refractivity contribution >= 4 is 104 Å². The Labute approximate surface area is 486 Å². The Morgan fingerprint density at radius 3 is 0.675 bits per heavy atom. The maximum absolute atomic E-state index is 2.38. The van der Waals surface area contributed by atoms with E-state index < -0.39 is 0 Å². The van der Waals surface area contributed by atoms with Gasteiger partial charge in [0.2, 0.25) is 0 Å². The van der Waals surface area contributed by atoms with E-state index in [4.69, 9.17) is 0 Å². The number of pyridine rings is 5. The van der Waals surface area contributed by atoms with Crippen molar-refractivity contribution in [3.8, 4) is 11.4 Å². The summed E-state index contributed by atoms with van der Waals surface area (Å²) in [5.41, 5.74) is 18.9. The second-order valence-electron chi connectivity index (χ2n) is 21.4. The highest BCUT2D eigenvalue weighted by Crippen LogP contribution is 2.36. The first-order valence-electron chi connectivity index (χ1n) is 28.1. The number of nitrogens with zero attached hydrogens (tertiary/aromatic N) is 7. The van der Waals surface area contributed by atoms with Gasteiger partial charge in [0.25, 0.3) is 0 Å². The van der Waals surface area contributed by atoms with Crippen LogP contribution < -0.4 is 22.8 Å². The van der Waals surface area contributed by atoms with E-state index in [1.165, 1.54) is 105 Å². The zero-order valence-corrected chi connectivity index (χ0v) is 47.6. The van der Waals surface area contributed by atoms with Gasteiger partial charge in [-0.05, 0) is 128 Å². The molecule has 0 spiro atoms. The van der Waals surface area contributed by atoms with Crippen LogP contribution in [0.5, 0.6) is 0 Å². The minimum Gasteiger partial charge on any atom is -0.309 e. The van der Waals surface area contributed by atoms with Crippen molar-refractivity contribution in [3.05, 3.63) is 306 Å². The van der Waals surface area contributed by atoms with Gasteiger partial charge in [0, 0.05) is 93.6 Å². The van der Waals surface area contributed by atoms with Gasteiger partial charge in [-0.3, -0.25) is 0 Å². The van der Waals surface area contributed by atoms with E-state index in [0.717, 1.165) is 5.69 Å². The molecule has 0 aliphatic carbocycles. The summed E-state index contributed by atoms with van der Waals surface area (Å²) in [5.74, 6) is 0. The zero-order valence-electron chi connectivity index (χ0n) is 47.6. The summed E-state index contributed by atoms with van der Waals surface area (Å²) in [6, 6.07) is 67.8. The Morgan fingerprint density at radius 2 is 0.422 bits per heavy atom. The first kappa shape index (κ1) is 53.0. The van der Waals surface area contributed by atoms with Crippen molar-refractivity contribution in [2.45, 2.75) is 0 Å². The molecule has 13 aromatic rings. The zero-order chi connectivity index (χ0) is 56.7. The number of rotatable bonds is 12. The summed E-state index contributed by atoms with van der Waals surface area (Å²) in [5, 5.41) is 4.98. The summed E-state index contributed by atoms with van der Waals surface area (Å²) < 4.78 is 15.0. The second kappa shape index (κ2) is 24.0. The third-order valence-corrected chi connectivity index (χ3v) is 15.2. The van der Waals surface area contributed by atoms with Crippen LogP contribution in [0, 0.1) is 0 Å². The molecule has 83 heavy (non-hydrogen) atoms. The van der Waals surface area contributed by atoms with Crippen molar-refractivity contribution < 1.29 is 22.8 Å². The number of fused-ring (bicyclic) bond motifs is 6. The van der Waals surface area contributed by atoms with E-state index in [9.17, 15) is 0 Å². The van der Waals surface area contributed by atoms with Gasteiger partial charge in [0.15, 0.2) is 62.0 Å². The van der Waals surface area contributed by atoms with Crippen molar-refractivity contribution in [2.75, 3.05) is 0 Å². The van der Waals surface area contributed by atoms with Crippen LogP contribution in [0.1, 0.15) is 55.6 Å². The molecular weight excluding hydrogens is 1010 g/mol. The van der Waals surface area contributed by atoms with E-state index in [-0.39, 0.29) is 0 Å². The van der Waals surface area contributed by atoms with Crippen LogP contribution >= 0.6 is 0 Å². The Morgan fingerprint density at radius 1 is 0.217 bits per heavy atom. The predicted octanol–water partition coefficient (Wildman–Crippen LogP) is 14.5. The van der Waals surface area contributed by atoms with Gasteiger partial charge in [-0.15, -0.1) is 0 Å². The molecule has 0 N–H and O–H groups in total. The molecule has 7 nitrogen and oxygen atoms in total. The van der Waals surface area contributed by atoms with E-state index in [2.05, 4.69) is 320 Å². The summed E-state index contributed by atoms with van der Waals surface area (Å²) >= 11 is 0. The molecule has 0 saturated carbocycles. The van der Waals surface area contributed by atoms with Crippen molar-refractivity contribution in [1.29, 1.82) is 0 Å². The average molecular weight is 1080 g/mol. The smallest absolute Gasteiger partial charge is 0.169 e. The highest BCUT2D eigenvalue weighted by Gasteiger charge is 2.15. The molecular formula is C76H66N7+5. The van der Waals surface area contributed by atoms with E-state index in [1.807, 2.05) is 58.1 Å². The van der Waals surface area contributed by atoms with Crippen LogP contribution in [-0.4, -0.2) is 9.13 Å². The molecule has 0 radical (unpaired) electrons. The lowest BCUT2D eigenvalue weighted by Crippen LogP contribution is -2.25. The van der Waals surface area contributed by atoms with Crippen LogP contribution in [0.4, 0.5) is 0 Å². The number of hydrogen-bond acceptors (Lipinski definition) is 0. The Balaban J connectivity index is 0.000000168. The Kier molecular flexibility index (Phi) is 15.3. The van der Waals surface area contributed by atoms with Gasteiger partial charge in [-0.1, -0.05) is 115 Å². The van der Waals surface area contributed by atoms with Gasteiger partial charge in [0.05, 0.1) is 22.1 Å². The summed E-state index contributed by atoms with van der Waals surface area (Å²) in [4.78, 5) is 0. The highest BCUT2D eigenvalue weighted by atomic mass is 15.0. The van der Waals surface area contributed by atoms with Gasteiger partial charge < -0.3 is 9.13 Å². The van der Waals surface area contributed by atoms with E-state index >= 15 is 0 Å². The molecule has 6 aromatic carbocycles. The first-order valence-corrected chi connectivity index (χ1v) is 28.1. The number of para-hydroxylation sites is 1. The number of aryl methyl sites for hydroxylation is 5. The standard InChI is InChI=1S/C42H37N4.C34H29N3/c1-43-24-18-33(19-25-43)5-4-32-10-14-38(15-11-32)46-41-16-12-36(8-6-34-20-26-44(2)27-21-34)30-39(41)40-31-37(13-17-42(40)46)9-7-35-22-28-45(3)29-23-35;1-35-20-16-26(17-21-35)8-10-28-12-14-33-31(24-28)32-25-29(11-9-27-18-22-36(2)23-19-27)13-15-34(32)37(33)30-6-4-3-5-7-30/h4-31H,1-3H3;3-25H,1-2H3/q+3;+2. The number of hydrogen-bond donors (Lipinski definition) is 0. The molecule has 0 saturated heterocycles. The molecule has 0 amide bonds. The van der Waals surface area contributed by atoms with Crippen molar-refractivity contribution in [2.24, 2.45) is 35.2 Å². The predicted molar refractivity (Wildman–Crippen MR) is 344 cm³/mol. The molecule has 0 atom stereocenters. The third-order valence-electron chi connectivity index (χ3n) is 15.2. The molecule has 7 aromatic heterocycles. The Hall–Kier alpha value is -10.6. The van der Waals surface area contributed by atoms with Gasteiger partial charge >= 0.3 is 0 Å². The third kappa shape index (κ3) is 12.4. The average Bonchev–Trinajstić information content (AvgIpc) is 4.13. The quantitative estimate of drug-likeness (QED) is 0.109. The second-order valence-corrected chi connectivity index (χ2v) is 21.4. The lowest BCUT2D eigenvalue weighted by atomic mass is 10.1. The molecule has 0 aliphatic rings. The maximum Gasteiger partial charge on any atom is 0.169 e. The van der Waals surface area contributed by atoms with Gasteiger partial charge in [-0.2, -0.15) is 0 Å².